The number of nitrogens with zero attached hydrogens (tertiary/aromatic N) is 1. The molecule has 1 aromatic heterocycles. The Morgan fingerprint density at radius 1 is 1.53 bits per heavy atom. The molecule has 2 atom stereocenters. The summed E-state index contributed by atoms with van der Waals surface area (Å²) in [4.78, 5) is 14.2. The summed E-state index contributed by atoms with van der Waals surface area (Å²) in [7, 11) is 1.83. The summed E-state index contributed by atoms with van der Waals surface area (Å²) in [6.45, 7) is 6.50. The topological polar surface area (TPSA) is 54.7 Å². The van der Waals surface area contributed by atoms with Crippen molar-refractivity contribution in [2.24, 2.45) is 5.92 Å². The molecule has 0 aliphatic carbocycles. The zero-order chi connectivity index (χ0) is 13.8. The Bertz CT molecular complexity index is 430. The molecule has 0 bridgehead atoms. The van der Waals surface area contributed by atoms with Gasteiger partial charge in [-0.05, 0) is 19.5 Å². The molecule has 19 heavy (non-hydrogen) atoms. The van der Waals surface area contributed by atoms with Gasteiger partial charge in [0.15, 0.2) is 0 Å². The fraction of sp³-hybridized carbons (Fsp3) is 0.643. The van der Waals surface area contributed by atoms with Gasteiger partial charge in [0, 0.05) is 25.2 Å². The number of likely N-dealkylation sites (N-methyl/N-ethyl adjacent to an activating group) is 1. The summed E-state index contributed by atoms with van der Waals surface area (Å²) in [5.74, 6) is 0.909. The Morgan fingerprint density at radius 2 is 2.32 bits per heavy atom. The van der Waals surface area contributed by atoms with E-state index in [4.69, 9.17) is 9.15 Å². The van der Waals surface area contributed by atoms with Crippen LogP contribution in [0.5, 0.6) is 0 Å². The highest BCUT2D eigenvalue weighted by Crippen LogP contribution is 2.18. The first kappa shape index (κ1) is 14.1. The molecule has 0 radical (unpaired) electrons. The average molecular weight is 266 g/mol. The number of hydrogen-bond acceptors (Lipinski definition) is 4. The van der Waals surface area contributed by atoms with Gasteiger partial charge in [-0.2, -0.15) is 0 Å². The van der Waals surface area contributed by atoms with Crippen LogP contribution >= 0.6 is 0 Å². The average Bonchev–Trinajstić information content (AvgIpc) is 2.99. The van der Waals surface area contributed by atoms with Crippen LogP contribution in [0.25, 0.3) is 0 Å². The Kier molecular flexibility index (Phi) is 4.61. The van der Waals surface area contributed by atoms with Gasteiger partial charge in [0.1, 0.15) is 5.76 Å². The van der Waals surface area contributed by atoms with Crippen molar-refractivity contribution in [1.29, 1.82) is 0 Å². The second kappa shape index (κ2) is 6.21. The van der Waals surface area contributed by atoms with E-state index >= 15 is 0 Å². The largest absolute Gasteiger partial charge is 0.469 e. The van der Waals surface area contributed by atoms with Crippen molar-refractivity contribution in [3.63, 3.8) is 0 Å². The number of ether oxygens (including phenoxy) is 1. The maximum atomic E-state index is 12.4. The van der Waals surface area contributed by atoms with Crippen molar-refractivity contribution in [2.75, 3.05) is 26.8 Å². The predicted molar refractivity (Wildman–Crippen MR) is 71.7 cm³/mol. The molecule has 0 saturated carbocycles. The van der Waals surface area contributed by atoms with E-state index in [1.807, 2.05) is 27.0 Å². The summed E-state index contributed by atoms with van der Waals surface area (Å²) in [5, 5.41) is 3.31. The lowest BCUT2D eigenvalue weighted by molar-refractivity contribution is -0.135. The summed E-state index contributed by atoms with van der Waals surface area (Å²) in [6, 6.07) is 2.04. The van der Waals surface area contributed by atoms with Crippen molar-refractivity contribution in [3.8, 4) is 0 Å². The summed E-state index contributed by atoms with van der Waals surface area (Å²) in [6.07, 6.45) is 1.66. The molecule has 1 amide bonds. The van der Waals surface area contributed by atoms with Gasteiger partial charge in [-0.3, -0.25) is 4.79 Å². The number of carbonyl (C=O) groups excluding carboxylic acids is 1. The highest BCUT2D eigenvalue weighted by Gasteiger charge is 2.35. The van der Waals surface area contributed by atoms with E-state index in [1.54, 1.807) is 11.2 Å². The van der Waals surface area contributed by atoms with Gasteiger partial charge >= 0.3 is 0 Å². The maximum Gasteiger partial charge on any atom is 0.229 e. The maximum absolute atomic E-state index is 12.4. The fourth-order valence-electron chi connectivity index (χ4n) is 2.45. The molecule has 5 heteroatoms. The number of nitrogens with one attached hydrogen (secondary N) is 1. The highest BCUT2D eigenvalue weighted by atomic mass is 16.5. The molecule has 2 unspecified atom stereocenters. The highest BCUT2D eigenvalue weighted by molar-refractivity contribution is 5.79. The number of hydrogen-bond donors (Lipinski definition) is 1. The predicted octanol–water partition coefficient (Wildman–Crippen LogP) is 1.17. The standard InChI is InChI=1S/C14H22N2O3/c1-4-15-13-9-18-8-12(13)14(17)16(3)7-11-5-6-19-10(11)2/h5-6,12-13,15H,4,7-9H2,1-3H3. The quantitative estimate of drug-likeness (QED) is 0.869. The molecule has 1 N–H and O–H groups in total. The normalized spacial score (nSPS) is 22.7. The van der Waals surface area contributed by atoms with E-state index in [2.05, 4.69) is 5.32 Å². The van der Waals surface area contributed by atoms with Gasteiger partial charge in [-0.1, -0.05) is 6.92 Å². The fourth-order valence-corrected chi connectivity index (χ4v) is 2.45. The van der Waals surface area contributed by atoms with E-state index in [0.29, 0.717) is 19.8 Å². The lowest BCUT2D eigenvalue weighted by Gasteiger charge is -2.24. The molecular weight excluding hydrogens is 244 g/mol. The van der Waals surface area contributed by atoms with Gasteiger partial charge in [0.05, 0.1) is 25.4 Å². The van der Waals surface area contributed by atoms with Crippen LogP contribution in [0.3, 0.4) is 0 Å². The molecule has 2 rings (SSSR count). The molecule has 106 valence electrons. The van der Waals surface area contributed by atoms with Crippen molar-refractivity contribution >= 4 is 5.91 Å². The lowest BCUT2D eigenvalue weighted by atomic mass is 10.0. The molecule has 5 nitrogen and oxygen atoms in total. The molecular formula is C14H22N2O3. The Balaban J connectivity index is 1.97. The first-order valence-electron chi connectivity index (χ1n) is 6.72. The van der Waals surface area contributed by atoms with Gasteiger partial charge in [0.25, 0.3) is 0 Å². The van der Waals surface area contributed by atoms with E-state index in [1.165, 1.54) is 0 Å². The van der Waals surface area contributed by atoms with Crippen LogP contribution in [0, 0.1) is 12.8 Å². The zero-order valence-corrected chi connectivity index (χ0v) is 11.8. The number of furan rings is 1. The molecule has 1 aromatic rings. The monoisotopic (exact) mass is 266 g/mol. The molecule has 1 aliphatic heterocycles. The van der Waals surface area contributed by atoms with E-state index in [9.17, 15) is 4.79 Å². The summed E-state index contributed by atoms with van der Waals surface area (Å²) in [5.41, 5.74) is 1.05. The minimum Gasteiger partial charge on any atom is -0.469 e. The number of amides is 1. The molecule has 0 spiro atoms. The van der Waals surface area contributed by atoms with Crippen molar-refractivity contribution in [2.45, 2.75) is 26.4 Å². The number of aryl methyl sites for hydroxylation is 1. The van der Waals surface area contributed by atoms with Crippen LogP contribution in [-0.4, -0.2) is 43.7 Å². The van der Waals surface area contributed by atoms with Crippen LogP contribution in [0.15, 0.2) is 16.7 Å². The van der Waals surface area contributed by atoms with Crippen molar-refractivity contribution < 1.29 is 13.9 Å². The molecule has 1 fully saturated rings. The molecule has 0 aromatic carbocycles. The summed E-state index contributed by atoms with van der Waals surface area (Å²) < 4.78 is 10.7. The minimum atomic E-state index is -0.0860. The Morgan fingerprint density at radius 3 is 2.95 bits per heavy atom. The van der Waals surface area contributed by atoms with Crippen molar-refractivity contribution in [3.05, 3.63) is 23.7 Å². The first-order valence-corrected chi connectivity index (χ1v) is 6.72. The van der Waals surface area contributed by atoms with Crippen LogP contribution in [-0.2, 0) is 16.1 Å². The smallest absolute Gasteiger partial charge is 0.229 e. The minimum absolute atomic E-state index is 0.0860. The number of carbonyl (C=O) groups is 1. The van der Waals surface area contributed by atoms with E-state index in [0.717, 1.165) is 17.9 Å². The third-order valence-corrected chi connectivity index (χ3v) is 3.61. The molecule has 1 aliphatic rings. The Hall–Kier alpha value is -1.33. The molecule has 2 heterocycles. The molecule has 1 saturated heterocycles. The number of rotatable bonds is 5. The van der Waals surface area contributed by atoms with E-state index in [-0.39, 0.29) is 17.9 Å². The van der Waals surface area contributed by atoms with Crippen LogP contribution in [0.4, 0.5) is 0 Å². The first-order chi connectivity index (χ1) is 9.13. The second-order valence-corrected chi connectivity index (χ2v) is 5.00. The van der Waals surface area contributed by atoms with E-state index < -0.39 is 0 Å². The van der Waals surface area contributed by atoms with Crippen LogP contribution in [0.1, 0.15) is 18.2 Å². The Labute approximate surface area is 113 Å². The van der Waals surface area contributed by atoms with Crippen LogP contribution in [0.2, 0.25) is 0 Å². The third kappa shape index (κ3) is 3.16. The van der Waals surface area contributed by atoms with Gasteiger partial charge in [-0.15, -0.1) is 0 Å². The third-order valence-electron chi connectivity index (χ3n) is 3.61. The summed E-state index contributed by atoms with van der Waals surface area (Å²) >= 11 is 0. The van der Waals surface area contributed by atoms with Gasteiger partial charge in [0.2, 0.25) is 5.91 Å². The zero-order valence-electron chi connectivity index (χ0n) is 11.8. The second-order valence-electron chi connectivity index (χ2n) is 5.00. The van der Waals surface area contributed by atoms with Crippen molar-refractivity contribution in [1.82, 2.24) is 10.2 Å². The lowest BCUT2D eigenvalue weighted by Crippen LogP contribution is -2.44. The van der Waals surface area contributed by atoms with Gasteiger partial charge < -0.3 is 19.4 Å². The van der Waals surface area contributed by atoms with Crippen LogP contribution < -0.4 is 5.32 Å². The van der Waals surface area contributed by atoms with Gasteiger partial charge in [-0.25, -0.2) is 0 Å². The SMILES string of the molecule is CCNC1COCC1C(=O)N(C)Cc1ccoc1C.